The first-order valence-corrected chi connectivity index (χ1v) is 14.6. The average molecular weight is 921 g/mol. The van der Waals surface area contributed by atoms with E-state index in [-0.39, 0.29) is 43.4 Å². The van der Waals surface area contributed by atoms with E-state index in [4.69, 9.17) is 60.6 Å². The third-order valence-electron chi connectivity index (χ3n) is 6.57. The number of carboxylic acid groups (broad SMARTS) is 4. The molecule has 0 N–H and O–H groups in total. The van der Waals surface area contributed by atoms with Crippen LogP contribution in [0.3, 0.4) is 0 Å². The number of rotatable bonds is 0. The molecule has 0 atom stereocenters. The zero-order valence-electron chi connectivity index (χ0n) is 27.1. The van der Waals surface area contributed by atoms with Crippen LogP contribution in [0, 0.1) is 23.7 Å². The molecule has 0 aliphatic carbocycles. The minimum atomic E-state index is -2.19. The third-order valence-corrected chi connectivity index (χ3v) is 6.57. The van der Waals surface area contributed by atoms with E-state index in [1.54, 1.807) is 0 Å². The Labute approximate surface area is 303 Å². The fraction of sp³-hybridized carbons (Fsp3) is 0.857. The maximum absolute atomic E-state index is 8.93. The van der Waals surface area contributed by atoms with Crippen LogP contribution < -0.4 is 41.5 Å². The van der Waals surface area contributed by atoms with E-state index in [0.29, 0.717) is 0 Å². The quantitative estimate of drug-likeness (QED) is 0.0960. The van der Waals surface area contributed by atoms with Gasteiger partial charge in [-0.15, -0.1) is 52.4 Å². The second-order valence-electron chi connectivity index (χ2n) is 10.6. The summed E-state index contributed by atoms with van der Waals surface area (Å²) in [5.74, 6) is -4.97. The summed E-state index contributed by atoms with van der Waals surface area (Å²) >= 11 is 0. The van der Waals surface area contributed by atoms with Gasteiger partial charge >= 0.3 is 43.4 Å². The van der Waals surface area contributed by atoms with Crippen LogP contribution in [0.15, 0.2) is 0 Å². The maximum atomic E-state index is 8.93. The van der Waals surface area contributed by atoms with Gasteiger partial charge in [0, 0.05) is 0 Å². The number of carboxylic acids is 4. The first-order chi connectivity index (χ1) is 20.9. The zero-order valence-corrected chi connectivity index (χ0v) is 31.5. The number of nitrogens with zero attached hydrogens (tertiary/aromatic N) is 4. The maximum Gasteiger partial charge on any atom is 5.00 e. The van der Waals surface area contributed by atoms with Gasteiger partial charge in [0.2, 0.25) is 0 Å². The van der Waals surface area contributed by atoms with Crippen molar-refractivity contribution in [2.45, 2.75) is 79.1 Å². The molecule has 0 aromatic carbocycles. The number of carbonyl (C=O) groups excluding carboxylic acids is 4. The van der Waals surface area contributed by atoms with Crippen molar-refractivity contribution in [3.8, 4) is 0 Å². The molecular formula is C28H48N4NbO12Pt-3. The predicted octanol–water partition coefficient (Wildman–Crippen LogP) is -4.63. The first kappa shape index (κ1) is 57.3. The number of aliphatic carboxylic acids is 4. The van der Waals surface area contributed by atoms with Crippen LogP contribution in [0.2, 0.25) is 0 Å². The molecule has 0 bridgehead atoms. The normalized spacial score (nSPS) is 17.6. The monoisotopic (exact) mass is 920 g/mol. The Morgan fingerprint density at radius 1 is 0.391 bits per heavy atom. The van der Waals surface area contributed by atoms with E-state index in [0.717, 1.165) is 76.0 Å². The van der Waals surface area contributed by atoms with Gasteiger partial charge in [0.1, 0.15) is 0 Å². The van der Waals surface area contributed by atoms with Crippen molar-refractivity contribution in [1.82, 2.24) is 0 Å². The molecule has 4 rings (SSSR count). The van der Waals surface area contributed by atoms with E-state index < -0.39 is 23.9 Å². The first-order valence-electron chi connectivity index (χ1n) is 14.6. The van der Waals surface area contributed by atoms with Crippen LogP contribution in [0.1, 0.15) is 79.1 Å². The van der Waals surface area contributed by atoms with Gasteiger partial charge in [0.05, 0.1) is 23.9 Å². The molecule has 4 aliphatic heterocycles. The van der Waals surface area contributed by atoms with Gasteiger partial charge in [0.15, 0.2) is 0 Å². The molecule has 4 saturated heterocycles. The SMILES string of the molecule is CC1CC[N-]CC1.CC1CC[N-]CC1.CC1CC[N-]CC1.CC1CC[N-]CC1.O=C([O-])C(=O)[O-].O=C([O-])C(=O)[O-].[Nb+5].[O-][O-].[O-][O-].[Pt+4]. The summed E-state index contributed by atoms with van der Waals surface area (Å²) in [6.07, 6.45) is 10.6. The minimum absolute atomic E-state index is 0. The van der Waals surface area contributed by atoms with Crippen LogP contribution in [-0.2, 0) is 62.6 Å². The van der Waals surface area contributed by atoms with Gasteiger partial charge in [-0.25, -0.2) is 0 Å². The fourth-order valence-electron chi connectivity index (χ4n) is 3.52. The molecule has 0 aromatic heterocycles. The molecule has 0 saturated carbocycles. The van der Waals surface area contributed by atoms with E-state index in [9.17, 15) is 0 Å². The molecule has 0 spiro atoms. The summed E-state index contributed by atoms with van der Waals surface area (Å²) in [5, 5.41) is 80.6. The molecule has 0 radical (unpaired) electrons. The molecule has 18 heteroatoms. The van der Waals surface area contributed by atoms with Crippen molar-refractivity contribution >= 4 is 23.9 Å². The molecular weight excluding hydrogens is 872 g/mol. The average Bonchev–Trinajstić information content (AvgIpc) is 3.02. The Morgan fingerprint density at radius 3 is 0.543 bits per heavy atom. The third kappa shape index (κ3) is 49.9. The van der Waals surface area contributed by atoms with Crippen LogP contribution in [-0.4, -0.2) is 76.2 Å². The van der Waals surface area contributed by atoms with Gasteiger partial charge in [-0.05, 0) is 23.7 Å². The second-order valence-corrected chi connectivity index (χ2v) is 10.6. The minimum Gasteiger partial charge on any atom is -1.00 e. The van der Waals surface area contributed by atoms with Crippen molar-refractivity contribution in [2.75, 3.05) is 52.4 Å². The standard InChI is InChI=1S/4C6H12N.2C2H2O4.Nb.2O2.Pt/c4*1-6-2-4-7-5-3-6;2*3-1(4)2(5)6;;2*1-2;/h4*6H,2-5H2,1H3;2*(H,3,4)(H,5,6);;;;/q4*-1;;;+5;2*-2;+4/p-4. The summed E-state index contributed by atoms with van der Waals surface area (Å²) in [7, 11) is 0. The molecule has 4 fully saturated rings. The van der Waals surface area contributed by atoms with E-state index in [1.807, 2.05) is 0 Å². The van der Waals surface area contributed by atoms with Crippen LogP contribution in [0.4, 0.5) is 0 Å². The molecule has 0 amide bonds. The molecule has 4 heterocycles. The van der Waals surface area contributed by atoms with Crippen LogP contribution >= 0.6 is 0 Å². The molecule has 270 valence electrons. The Balaban J connectivity index is -0.000000101. The number of carbonyl (C=O) groups is 4. The van der Waals surface area contributed by atoms with Crippen molar-refractivity contribution in [3.05, 3.63) is 21.3 Å². The van der Waals surface area contributed by atoms with Gasteiger partial charge < -0.3 is 81.9 Å². The predicted molar refractivity (Wildman–Crippen MR) is 146 cm³/mol. The van der Waals surface area contributed by atoms with Gasteiger partial charge in [0.25, 0.3) is 0 Å². The van der Waals surface area contributed by atoms with E-state index in [1.165, 1.54) is 51.4 Å². The van der Waals surface area contributed by atoms with E-state index in [2.05, 4.69) is 49.0 Å². The molecule has 16 nitrogen and oxygen atoms in total. The Morgan fingerprint density at radius 2 is 0.500 bits per heavy atom. The summed E-state index contributed by atoms with van der Waals surface area (Å²) in [6, 6.07) is 0. The molecule has 46 heavy (non-hydrogen) atoms. The molecule has 4 aliphatic rings. The summed E-state index contributed by atoms with van der Waals surface area (Å²) in [5.41, 5.74) is 0. The van der Waals surface area contributed by atoms with Gasteiger partial charge in [-0.2, -0.15) is 0 Å². The summed E-state index contributed by atoms with van der Waals surface area (Å²) in [6.45, 7) is 18.1. The van der Waals surface area contributed by atoms with Crippen molar-refractivity contribution in [2.24, 2.45) is 23.7 Å². The smallest absolute Gasteiger partial charge is 1.00 e. The number of hydrogen-bond donors (Lipinski definition) is 0. The van der Waals surface area contributed by atoms with Crippen molar-refractivity contribution in [3.63, 3.8) is 0 Å². The molecule has 0 aromatic rings. The van der Waals surface area contributed by atoms with Crippen molar-refractivity contribution < 1.29 is 104 Å². The number of piperidine rings is 4. The van der Waals surface area contributed by atoms with Gasteiger partial charge in [-0.3, -0.25) is 0 Å². The Kier molecular flexibility index (Phi) is 54.8. The summed E-state index contributed by atoms with van der Waals surface area (Å²) < 4.78 is 0. The molecule has 0 unspecified atom stereocenters. The van der Waals surface area contributed by atoms with E-state index >= 15 is 0 Å². The topological polar surface area (TPSA) is 309 Å². The Bertz CT molecular complexity index is 567. The fourth-order valence-corrected chi connectivity index (χ4v) is 3.52. The van der Waals surface area contributed by atoms with Crippen LogP contribution in [0.25, 0.3) is 21.3 Å². The van der Waals surface area contributed by atoms with Crippen molar-refractivity contribution in [1.29, 1.82) is 0 Å². The van der Waals surface area contributed by atoms with Gasteiger partial charge in [-0.1, -0.05) is 79.1 Å². The zero-order chi connectivity index (χ0) is 34.8. The number of hydrogen-bond acceptors (Lipinski definition) is 12. The van der Waals surface area contributed by atoms with Crippen LogP contribution in [0.5, 0.6) is 0 Å². The Hall–Kier alpha value is -1.01. The summed E-state index contributed by atoms with van der Waals surface area (Å²) in [4.78, 5) is 35.7. The second kappa shape index (κ2) is 44.0. The largest absolute Gasteiger partial charge is 5.00 e.